The van der Waals surface area contributed by atoms with E-state index in [1.807, 2.05) is 60.7 Å². The number of rotatable bonds is 5. The number of carbonyl (C=O) groups excluding carboxylic acids is 1. The quantitative estimate of drug-likeness (QED) is 0.474. The van der Waals surface area contributed by atoms with Crippen molar-refractivity contribution < 1.29 is 9.53 Å². The number of hydrogen-bond acceptors (Lipinski definition) is 3. The van der Waals surface area contributed by atoms with Crippen LogP contribution < -0.4 is 10.1 Å². The highest BCUT2D eigenvalue weighted by Crippen LogP contribution is 2.29. The average molecular weight is 385 g/mol. The molecular weight excluding hydrogens is 362 g/mol. The van der Waals surface area contributed by atoms with Gasteiger partial charge in [0.2, 0.25) is 0 Å². The number of amides is 1. The normalized spacial score (nSPS) is 14.5. The summed E-state index contributed by atoms with van der Waals surface area (Å²) >= 11 is 0. The predicted octanol–water partition coefficient (Wildman–Crippen LogP) is 5.54. The van der Waals surface area contributed by atoms with Gasteiger partial charge in [-0.3, -0.25) is 9.89 Å². The van der Waals surface area contributed by atoms with Crippen molar-refractivity contribution >= 4 is 33.4 Å². The first-order valence-corrected chi connectivity index (χ1v) is 10.2. The summed E-state index contributed by atoms with van der Waals surface area (Å²) in [5.74, 6) is 1.86. The molecule has 4 aromatic rings. The Morgan fingerprint density at radius 1 is 1.03 bits per heavy atom. The molecule has 0 radical (unpaired) electrons. The molecule has 0 unspecified atom stereocenters. The van der Waals surface area contributed by atoms with Gasteiger partial charge in [0.15, 0.2) is 5.82 Å². The molecule has 5 nitrogen and oxygen atoms in total. The summed E-state index contributed by atoms with van der Waals surface area (Å²) in [6.45, 7) is 0.768. The molecule has 3 aromatic carbocycles. The molecule has 2 N–H and O–H groups in total. The van der Waals surface area contributed by atoms with Crippen LogP contribution in [0.5, 0.6) is 5.75 Å². The molecule has 0 atom stereocenters. The van der Waals surface area contributed by atoms with Gasteiger partial charge >= 0.3 is 0 Å². The van der Waals surface area contributed by atoms with Gasteiger partial charge in [0.25, 0.3) is 5.91 Å². The summed E-state index contributed by atoms with van der Waals surface area (Å²) in [6, 6.07) is 19.4. The summed E-state index contributed by atoms with van der Waals surface area (Å²) in [7, 11) is 0. The highest BCUT2D eigenvalue weighted by Gasteiger charge is 2.17. The van der Waals surface area contributed by atoms with E-state index >= 15 is 0 Å². The first-order chi connectivity index (χ1) is 14.3. The van der Waals surface area contributed by atoms with Crippen molar-refractivity contribution in [2.75, 3.05) is 11.9 Å². The zero-order chi connectivity index (χ0) is 19.6. The van der Waals surface area contributed by atoms with E-state index in [-0.39, 0.29) is 5.91 Å². The Morgan fingerprint density at radius 3 is 2.76 bits per heavy atom. The van der Waals surface area contributed by atoms with Crippen molar-refractivity contribution in [3.8, 4) is 5.75 Å². The van der Waals surface area contributed by atoms with Crippen molar-refractivity contribution in [2.24, 2.45) is 5.92 Å². The van der Waals surface area contributed by atoms with Crippen molar-refractivity contribution in [3.05, 3.63) is 66.2 Å². The van der Waals surface area contributed by atoms with Crippen molar-refractivity contribution in [1.29, 1.82) is 0 Å². The molecular formula is C24H23N3O2. The maximum atomic E-state index is 12.9. The lowest BCUT2D eigenvalue weighted by Crippen LogP contribution is -2.12. The van der Waals surface area contributed by atoms with E-state index < -0.39 is 0 Å². The molecule has 29 heavy (non-hydrogen) atoms. The summed E-state index contributed by atoms with van der Waals surface area (Å²) in [4.78, 5) is 12.9. The maximum absolute atomic E-state index is 12.9. The van der Waals surface area contributed by atoms with Gasteiger partial charge in [-0.15, -0.1) is 0 Å². The Balaban J connectivity index is 1.35. The van der Waals surface area contributed by atoms with Crippen molar-refractivity contribution in [3.63, 3.8) is 0 Å². The van der Waals surface area contributed by atoms with Crippen LogP contribution in [0.2, 0.25) is 0 Å². The van der Waals surface area contributed by atoms with E-state index in [4.69, 9.17) is 4.74 Å². The van der Waals surface area contributed by atoms with Gasteiger partial charge in [0, 0.05) is 17.0 Å². The predicted molar refractivity (Wildman–Crippen MR) is 115 cm³/mol. The van der Waals surface area contributed by atoms with E-state index in [2.05, 4.69) is 15.5 Å². The topological polar surface area (TPSA) is 67.0 Å². The Hall–Kier alpha value is -3.34. The van der Waals surface area contributed by atoms with Crippen molar-refractivity contribution in [1.82, 2.24) is 10.2 Å². The molecule has 1 aliphatic carbocycles. The number of aromatic amines is 1. The fourth-order valence-electron chi connectivity index (χ4n) is 4.17. The van der Waals surface area contributed by atoms with Crippen LogP contribution in [-0.4, -0.2) is 22.7 Å². The molecule has 5 heteroatoms. The molecule has 1 fully saturated rings. The number of aromatic nitrogens is 2. The zero-order valence-electron chi connectivity index (χ0n) is 16.2. The lowest BCUT2D eigenvalue weighted by molar-refractivity contribution is 0.102. The van der Waals surface area contributed by atoms with Crippen LogP contribution in [0.1, 0.15) is 36.0 Å². The average Bonchev–Trinajstić information content (AvgIpc) is 3.42. The standard InChI is InChI=1S/C24H23N3O2/c28-24(20-11-5-9-17-8-3-4-10-19(17)20)25-23-21-13-12-18(14-22(21)26-27-23)29-15-16-6-1-2-7-16/h3-5,8-14,16H,1-2,6-7,15H2,(H2,25,26,27,28). The lowest BCUT2D eigenvalue weighted by atomic mass is 10.0. The molecule has 0 aliphatic heterocycles. The largest absolute Gasteiger partial charge is 0.493 e. The van der Waals surface area contributed by atoms with E-state index in [0.717, 1.165) is 34.0 Å². The van der Waals surface area contributed by atoms with Gasteiger partial charge in [-0.1, -0.05) is 49.2 Å². The molecule has 1 heterocycles. The van der Waals surface area contributed by atoms with E-state index in [1.165, 1.54) is 25.7 Å². The number of carbonyl (C=O) groups is 1. The molecule has 0 saturated heterocycles. The van der Waals surface area contributed by atoms with Crippen molar-refractivity contribution in [2.45, 2.75) is 25.7 Å². The van der Waals surface area contributed by atoms with Crippen LogP contribution in [0.4, 0.5) is 5.82 Å². The van der Waals surface area contributed by atoms with Gasteiger partial charge in [-0.2, -0.15) is 5.10 Å². The zero-order valence-corrected chi connectivity index (χ0v) is 16.2. The summed E-state index contributed by atoms with van der Waals surface area (Å²) < 4.78 is 5.97. The minimum absolute atomic E-state index is 0.170. The van der Waals surface area contributed by atoms with Crippen LogP contribution in [0.25, 0.3) is 21.7 Å². The third-order valence-corrected chi connectivity index (χ3v) is 5.76. The van der Waals surface area contributed by atoms with Crippen LogP contribution in [0.3, 0.4) is 0 Å². The van der Waals surface area contributed by atoms with Crippen LogP contribution in [0, 0.1) is 5.92 Å². The molecule has 0 spiro atoms. The fourth-order valence-corrected chi connectivity index (χ4v) is 4.17. The minimum Gasteiger partial charge on any atom is -0.493 e. The summed E-state index contributed by atoms with van der Waals surface area (Å²) in [6.07, 6.45) is 5.15. The number of H-pyrrole nitrogens is 1. The van der Waals surface area contributed by atoms with Gasteiger partial charge in [0.05, 0.1) is 12.1 Å². The monoisotopic (exact) mass is 385 g/mol. The molecule has 0 bridgehead atoms. The van der Waals surface area contributed by atoms with Crippen LogP contribution in [0.15, 0.2) is 60.7 Å². The number of benzene rings is 3. The van der Waals surface area contributed by atoms with Gasteiger partial charge in [-0.25, -0.2) is 0 Å². The smallest absolute Gasteiger partial charge is 0.257 e. The lowest BCUT2D eigenvalue weighted by Gasteiger charge is -2.11. The van der Waals surface area contributed by atoms with E-state index in [9.17, 15) is 4.79 Å². The molecule has 5 rings (SSSR count). The Labute approximate surface area is 169 Å². The second-order valence-electron chi connectivity index (χ2n) is 7.72. The highest BCUT2D eigenvalue weighted by molar-refractivity contribution is 6.14. The second kappa shape index (κ2) is 7.59. The summed E-state index contributed by atoms with van der Waals surface area (Å²) in [5, 5.41) is 13.1. The van der Waals surface area contributed by atoms with E-state index in [1.54, 1.807) is 0 Å². The Kier molecular flexibility index (Phi) is 4.64. The van der Waals surface area contributed by atoms with Gasteiger partial charge in [-0.05, 0) is 47.7 Å². The first kappa shape index (κ1) is 17.7. The Morgan fingerprint density at radius 2 is 1.86 bits per heavy atom. The Bertz CT molecular complexity index is 1170. The molecule has 1 amide bonds. The maximum Gasteiger partial charge on any atom is 0.257 e. The van der Waals surface area contributed by atoms with E-state index in [0.29, 0.717) is 17.3 Å². The number of fused-ring (bicyclic) bond motifs is 2. The number of nitrogens with zero attached hydrogens (tertiary/aromatic N) is 1. The fraction of sp³-hybridized carbons (Fsp3) is 0.250. The number of nitrogens with one attached hydrogen (secondary N) is 2. The number of hydrogen-bond donors (Lipinski definition) is 2. The molecule has 1 aromatic heterocycles. The highest BCUT2D eigenvalue weighted by atomic mass is 16.5. The van der Waals surface area contributed by atoms with Gasteiger partial charge < -0.3 is 10.1 Å². The van der Waals surface area contributed by atoms with Gasteiger partial charge in [0.1, 0.15) is 5.75 Å². The molecule has 146 valence electrons. The van der Waals surface area contributed by atoms with Crippen LogP contribution >= 0.6 is 0 Å². The number of ether oxygens (including phenoxy) is 1. The number of anilines is 1. The first-order valence-electron chi connectivity index (χ1n) is 10.2. The third kappa shape index (κ3) is 3.56. The minimum atomic E-state index is -0.170. The molecule has 1 saturated carbocycles. The summed E-state index contributed by atoms with van der Waals surface area (Å²) in [5.41, 5.74) is 1.48. The molecule has 1 aliphatic rings. The van der Waals surface area contributed by atoms with Crippen LogP contribution in [-0.2, 0) is 0 Å². The third-order valence-electron chi connectivity index (χ3n) is 5.76. The second-order valence-corrected chi connectivity index (χ2v) is 7.72. The SMILES string of the molecule is O=C(Nc1n[nH]c2cc(OCC3CCCC3)ccc12)c1cccc2ccccc12.